The summed E-state index contributed by atoms with van der Waals surface area (Å²) in [6.45, 7) is 4.66. The van der Waals surface area contributed by atoms with Crippen molar-refractivity contribution in [3.8, 4) is 11.3 Å². The van der Waals surface area contributed by atoms with Gasteiger partial charge >= 0.3 is 0 Å². The third kappa shape index (κ3) is 3.07. The second-order valence-corrected chi connectivity index (χ2v) is 7.41. The van der Waals surface area contributed by atoms with Crippen molar-refractivity contribution >= 4 is 28.4 Å². The number of carbonyl (C=O) groups is 1. The number of fused-ring (bicyclic) bond motifs is 1. The van der Waals surface area contributed by atoms with E-state index in [0.29, 0.717) is 11.0 Å². The van der Waals surface area contributed by atoms with Crippen molar-refractivity contribution in [2.45, 2.75) is 25.5 Å². The van der Waals surface area contributed by atoms with Gasteiger partial charge in [-0.25, -0.2) is 4.68 Å². The van der Waals surface area contributed by atoms with Gasteiger partial charge in [0, 0.05) is 17.4 Å². The van der Waals surface area contributed by atoms with Crippen molar-refractivity contribution in [2.24, 2.45) is 0 Å². The highest BCUT2D eigenvalue weighted by Gasteiger charge is 2.23. The average Bonchev–Trinajstić information content (AvgIpc) is 3.24. The minimum Gasteiger partial charge on any atom is -0.340 e. The van der Waals surface area contributed by atoms with E-state index in [1.165, 1.54) is 16.4 Å². The van der Waals surface area contributed by atoms with Gasteiger partial charge < -0.3 is 10.4 Å². The Morgan fingerprint density at radius 1 is 1.07 bits per heavy atom. The number of aromatic nitrogens is 4. The summed E-state index contributed by atoms with van der Waals surface area (Å²) in [6.07, 6.45) is 0. The zero-order chi connectivity index (χ0) is 19.7. The zero-order valence-corrected chi connectivity index (χ0v) is 16.6. The number of hydrogen-bond donors (Lipinski definition) is 1. The van der Waals surface area contributed by atoms with Gasteiger partial charge in [-0.3, -0.25) is 4.79 Å². The highest BCUT2D eigenvalue weighted by atomic mass is 32.2. The monoisotopic (exact) mass is 391 g/mol. The Morgan fingerprint density at radius 3 is 2.46 bits per heavy atom. The number of rotatable bonds is 6. The Balaban J connectivity index is 1.81. The van der Waals surface area contributed by atoms with Crippen molar-refractivity contribution in [3.05, 3.63) is 66.0 Å². The minimum absolute atomic E-state index is 0.0490. The third-order valence-corrected chi connectivity index (χ3v) is 5.72. The molecule has 0 aliphatic carbocycles. The standard InChI is InChI=1S/C21H21N5OS/c1-3-25-17-12-8-7-11-16(17)19(20(25)15-9-5-4-6-10-15)18(27)13-28-21-24-23-14(2)26(21)22/h4-12H,3,13,22H2,1-2H3. The SMILES string of the molecule is CCn1c(-c2ccccc2)c(C(=O)CSc2nnc(C)n2N)c2ccccc21. The van der Waals surface area contributed by atoms with Gasteiger partial charge in [0.25, 0.3) is 0 Å². The highest BCUT2D eigenvalue weighted by Crippen LogP contribution is 2.35. The maximum absolute atomic E-state index is 13.3. The molecule has 2 heterocycles. The Hall–Kier alpha value is -3.06. The van der Waals surface area contributed by atoms with Crippen LogP contribution in [-0.2, 0) is 6.54 Å². The summed E-state index contributed by atoms with van der Waals surface area (Å²) >= 11 is 1.31. The van der Waals surface area contributed by atoms with Crippen molar-refractivity contribution in [2.75, 3.05) is 11.6 Å². The molecule has 0 atom stereocenters. The topological polar surface area (TPSA) is 78.7 Å². The summed E-state index contributed by atoms with van der Waals surface area (Å²) in [6, 6.07) is 18.1. The van der Waals surface area contributed by atoms with E-state index in [-0.39, 0.29) is 11.5 Å². The lowest BCUT2D eigenvalue weighted by Gasteiger charge is -2.10. The zero-order valence-electron chi connectivity index (χ0n) is 15.8. The molecule has 142 valence electrons. The third-order valence-electron chi connectivity index (χ3n) is 4.78. The van der Waals surface area contributed by atoms with E-state index in [1.54, 1.807) is 6.92 Å². The molecule has 0 radical (unpaired) electrons. The molecule has 0 saturated heterocycles. The fraction of sp³-hybridized carbons (Fsp3) is 0.190. The number of hydrogen-bond acceptors (Lipinski definition) is 5. The smallest absolute Gasteiger partial charge is 0.210 e. The van der Waals surface area contributed by atoms with Crippen LogP contribution in [0.1, 0.15) is 23.1 Å². The van der Waals surface area contributed by atoms with Gasteiger partial charge in [-0.2, -0.15) is 0 Å². The predicted octanol–water partition coefficient (Wildman–Crippen LogP) is 3.92. The van der Waals surface area contributed by atoms with Gasteiger partial charge in [-0.05, 0) is 25.5 Å². The Kier molecular flexibility index (Phi) is 4.92. The van der Waals surface area contributed by atoms with Crippen LogP contribution in [0.4, 0.5) is 0 Å². The summed E-state index contributed by atoms with van der Waals surface area (Å²) in [5.74, 6) is 6.83. The molecule has 0 saturated carbocycles. The molecule has 2 N–H and O–H groups in total. The van der Waals surface area contributed by atoms with E-state index in [4.69, 9.17) is 5.84 Å². The lowest BCUT2D eigenvalue weighted by molar-refractivity contribution is 0.102. The van der Waals surface area contributed by atoms with Gasteiger partial charge in [0.2, 0.25) is 5.16 Å². The fourth-order valence-electron chi connectivity index (χ4n) is 3.46. The summed E-state index contributed by atoms with van der Waals surface area (Å²) in [5.41, 5.74) is 3.80. The fourth-order valence-corrected chi connectivity index (χ4v) is 4.24. The Bertz CT molecular complexity index is 1150. The number of para-hydroxylation sites is 1. The first-order valence-electron chi connectivity index (χ1n) is 9.11. The second-order valence-electron chi connectivity index (χ2n) is 6.46. The molecule has 0 spiro atoms. The maximum Gasteiger partial charge on any atom is 0.210 e. The summed E-state index contributed by atoms with van der Waals surface area (Å²) in [4.78, 5) is 13.3. The molecule has 2 aromatic carbocycles. The summed E-state index contributed by atoms with van der Waals surface area (Å²) in [5, 5.41) is 9.49. The largest absolute Gasteiger partial charge is 0.340 e. The first-order valence-corrected chi connectivity index (χ1v) is 10.1. The van der Waals surface area contributed by atoms with E-state index in [9.17, 15) is 4.79 Å². The van der Waals surface area contributed by atoms with Crippen LogP contribution < -0.4 is 5.84 Å². The van der Waals surface area contributed by atoms with Crippen molar-refractivity contribution in [1.29, 1.82) is 0 Å². The van der Waals surface area contributed by atoms with E-state index in [0.717, 1.165) is 34.3 Å². The van der Waals surface area contributed by atoms with Gasteiger partial charge in [0.1, 0.15) is 5.82 Å². The number of nitrogen functional groups attached to an aromatic ring is 1. The van der Waals surface area contributed by atoms with Gasteiger partial charge in [0.15, 0.2) is 5.78 Å². The number of benzene rings is 2. The molecule has 0 amide bonds. The van der Waals surface area contributed by atoms with Crippen LogP contribution in [0.15, 0.2) is 59.8 Å². The number of thioether (sulfide) groups is 1. The molecule has 6 nitrogen and oxygen atoms in total. The average molecular weight is 392 g/mol. The second kappa shape index (κ2) is 7.52. The first kappa shape index (κ1) is 18.3. The van der Waals surface area contributed by atoms with Crippen molar-refractivity contribution < 1.29 is 4.79 Å². The lowest BCUT2D eigenvalue weighted by Crippen LogP contribution is -2.13. The molecule has 4 aromatic rings. The molecule has 0 fully saturated rings. The Labute approximate surface area is 167 Å². The van der Waals surface area contributed by atoms with E-state index >= 15 is 0 Å². The van der Waals surface area contributed by atoms with Gasteiger partial charge in [-0.1, -0.05) is 60.3 Å². The molecule has 0 aliphatic heterocycles. The quantitative estimate of drug-likeness (QED) is 0.306. The molecule has 0 aliphatic rings. The van der Waals surface area contributed by atoms with E-state index < -0.39 is 0 Å². The van der Waals surface area contributed by atoms with Crippen LogP contribution in [-0.4, -0.2) is 31.0 Å². The first-order chi connectivity index (χ1) is 13.6. The van der Waals surface area contributed by atoms with E-state index in [2.05, 4.69) is 27.8 Å². The molecule has 4 rings (SSSR count). The minimum atomic E-state index is 0.0490. The maximum atomic E-state index is 13.3. The number of nitrogens with zero attached hydrogens (tertiary/aromatic N) is 4. The van der Waals surface area contributed by atoms with Gasteiger partial charge in [-0.15, -0.1) is 10.2 Å². The van der Waals surface area contributed by atoms with Crippen molar-refractivity contribution in [3.63, 3.8) is 0 Å². The number of nitrogens with two attached hydrogens (primary N) is 1. The molecular weight excluding hydrogens is 370 g/mol. The molecule has 7 heteroatoms. The van der Waals surface area contributed by atoms with Crippen LogP contribution in [0, 0.1) is 6.92 Å². The van der Waals surface area contributed by atoms with Crippen LogP contribution in [0.2, 0.25) is 0 Å². The molecular formula is C21H21N5OS. The van der Waals surface area contributed by atoms with Gasteiger partial charge in [0.05, 0.1) is 17.0 Å². The Morgan fingerprint density at radius 2 is 1.79 bits per heavy atom. The molecule has 0 unspecified atom stereocenters. The van der Waals surface area contributed by atoms with E-state index in [1.807, 2.05) is 48.5 Å². The van der Waals surface area contributed by atoms with Crippen LogP contribution in [0.3, 0.4) is 0 Å². The predicted molar refractivity (Wildman–Crippen MR) is 113 cm³/mol. The lowest BCUT2D eigenvalue weighted by atomic mass is 10.0. The number of aryl methyl sites for hydroxylation is 2. The summed E-state index contributed by atoms with van der Waals surface area (Å²) < 4.78 is 3.61. The molecule has 0 bridgehead atoms. The van der Waals surface area contributed by atoms with Crippen LogP contribution >= 0.6 is 11.8 Å². The molecule has 2 aromatic heterocycles. The van der Waals surface area contributed by atoms with Crippen LogP contribution in [0.5, 0.6) is 0 Å². The highest BCUT2D eigenvalue weighted by molar-refractivity contribution is 7.99. The van der Waals surface area contributed by atoms with Crippen molar-refractivity contribution in [1.82, 2.24) is 19.4 Å². The number of ketones is 1. The number of carbonyl (C=O) groups excluding carboxylic acids is 1. The normalized spacial score (nSPS) is 11.2. The number of Topliss-reactive ketones (excluding diaryl/α,β-unsaturated/α-hetero) is 1. The van der Waals surface area contributed by atoms with Crippen LogP contribution in [0.25, 0.3) is 22.2 Å². The summed E-state index contributed by atoms with van der Waals surface area (Å²) in [7, 11) is 0. The molecule has 28 heavy (non-hydrogen) atoms.